The lowest BCUT2D eigenvalue weighted by Gasteiger charge is -2.15. The van der Waals surface area contributed by atoms with Crippen molar-refractivity contribution in [1.29, 1.82) is 0 Å². The fourth-order valence-corrected chi connectivity index (χ4v) is 3.42. The molecule has 3 rings (SSSR count). The summed E-state index contributed by atoms with van der Waals surface area (Å²) in [5.41, 5.74) is 3.41. The van der Waals surface area contributed by atoms with Crippen LogP contribution in [0.2, 0.25) is 0 Å². The predicted octanol–water partition coefficient (Wildman–Crippen LogP) is 4.75. The van der Waals surface area contributed by atoms with E-state index in [4.69, 9.17) is 0 Å². The van der Waals surface area contributed by atoms with Crippen molar-refractivity contribution in [1.82, 2.24) is 9.88 Å². The van der Waals surface area contributed by atoms with Crippen LogP contribution in [-0.4, -0.2) is 16.4 Å². The Morgan fingerprint density at radius 1 is 1.04 bits per heavy atom. The van der Waals surface area contributed by atoms with E-state index in [-0.39, 0.29) is 17.9 Å². The van der Waals surface area contributed by atoms with Crippen LogP contribution in [0.1, 0.15) is 49.7 Å². The van der Waals surface area contributed by atoms with Gasteiger partial charge in [-0.1, -0.05) is 44.2 Å². The van der Waals surface area contributed by atoms with Crippen molar-refractivity contribution in [2.45, 2.75) is 40.3 Å². The first-order valence-electron chi connectivity index (χ1n) is 9.61. The molecule has 1 aromatic heterocycles. The first-order chi connectivity index (χ1) is 13.3. The van der Waals surface area contributed by atoms with Crippen LogP contribution in [0.5, 0.6) is 0 Å². The first kappa shape index (κ1) is 19.7. The molecule has 5 heteroatoms. The summed E-state index contributed by atoms with van der Waals surface area (Å²) in [7, 11) is 0. The molecule has 2 aromatic carbocycles. The number of hydrogen-bond donors (Lipinski definition) is 2. The molecule has 28 heavy (non-hydrogen) atoms. The maximum absolute atomic E-state index is 13.0. The van der Waals surface area contributed by atoms with Gasteiger partial charge in [-0.15, -0.1) is 0 Å². The third-order valence-corrected chi connectivity index (χ3v) is 4.65. The average Bonchev–Trinajstić information content (AvgIpc) is 2.99. The maximum Gasteiger partial charge on any atom is 0.253 e. The minimum absolute atomic E-state index is 0.101. The SMILES string of the molecule is CC(=O)Nc1cccc(C(C)NC(=O)c2cn(CC(C)C)c3ccccc23)c1. The fourth-order valence-electron chi connectivity index (χ4n) is 3.42. The molecule has 0 aliphatic carbocycles. The van der Waals surface area contributed by atoms with Crippen molar-refractivity contribution in [3.8, 4) is 0 Å². The normalized spacial score (nSPS) is 12.2. The van der Waals surface area contributed by atoms with Gasteiger partial charge in [-0.25, -0.2) is 0 Å². The molecule has 0 saturated carbocycles. The smallest absolute Gasteiger partial charge is 0.253 e. The second kappa shape index (κ2) is 8.30. The summed E-state index contributed by atoms with van der Waals surface area (Å²) in [6.07, 6.45) is 1.94. The third kappa shape index (κ3) is 4.42. The molecule has 0 aliphatic heterocycles. The van der Waals surface area contributed by atoms with Gasteiger partial charge in [-0.3, -0.25) is 9.59 Å². The second-order valence-electron chi connectivity index (χ2n) is 7.61. The molecule has 0 saturated heterocycles. The van der Waals surface area contributed by atoms with Crippen molar-refractivity contribution in [2.75, 3.05) is 5.32 Å². The number of aromatic nitrogens is 1. The van der Waals surface area contributed by atoms with Crippen LogP contribution in [0, 0.1) is 5.92 Å². The van der Waals surface area contributed by atoms with Gasteiger partial charge in [-0.2, -0.15) is 0 Å². The molecule has 146 valence electrons. The van der Waals surface area contributed by atoms with Crippen LogP contribution in [-0.2, 0) is 11.3 Å². The Morgan fingerprint density at radius 3 is 2.50 bits per heavy atom. The summed E-state index contributed by atoms with van der Waals surface area (Å²) in [6, 6.07) is 15.3. The Balaban J connectivity index is 1.84. The molecule has 1 heterocycles. The molecule has 2 N–H and O–H groups in total. The van der Waals surface area contributed by atoms with Crippen LogP contribution in [0.25, 0.3) is 10.9 Å². The first-order valence-corrected chi connectivity index (χ1v) is 9.61. The Labute approximate surface area is 165 Å². The highest BCUT2D eigenvalue weighted by Gasteiger charge is 2.18. The minimum atomic E-state index is -0.187. The number of amides is 2. The number of carbonyl (C=O) groups is 2. The lowest BCUT2D eigenvalue weighted by atomic mass is 10.1. The number of rotatable bonds is 6. The zero-order valence-corrected chi connectivity index (χ0v) is 16.8. The van der Waals surface area contributed by atoms with Crippen molar-refractivity contribution in [2.24, 2.45) is 5.92 Å². The Hall–Kier alpha value is -3.08. The molecular formula is C23H27N3O2. The number of benzene rings is 2. The molecule has 0 aliphatic rings. The van der Waals surface area contributed by atoms with Gasteiger partial charge in [-0.05, 0) is 36.6 Å². The number of anilines is 1. The van der Waals surface area contributed by atoms with Crippen molar-refractivity contribution in [3.63, 3.8) is 0 Å². The van der Waals surface area contributed by atoms with Gasteiger partial charge in [0.05, 0.1) is 11.6 Å². The van der Waals surface area contributed by atoms with Gasteiger partial charge < -0.3 is 15.2 Å². The number of nitrogens with zero attached hydrogens (tertiary/aromatic N) is 1. The summed E-state index contributed by atoms with van der Waals surface area (Å²) in [5.74, 6) is 0.269. The number of fused-ring (bicyclic) bond motifs is 1. The zero-order valence-electron chi connectivity index (χ0n) is 16.8. The zero-order chi connectivity index (χ0) is 20.3. The minimum Gasteiger partial charge on any atom is -0.346 e. The molecule has 0 fully saturated rings. The van der Waals surface area contributed by atoms with Crippen LogP contribution >= 0.6 is 0 Å². The monoisotopic (exact) mass is 377 g/mol. The summed E-state index contributed by atoms with van der Waals surface area (Å²) < 4.78 is 2.15. The van der Waals surface area contributed by atoms with E-state index in [9.17, 15) is 9.59 Å². The fraction of sp³-hybridized carbons (Fsp3) is 0.304. The molecule has 0 radical (unpaired) electrons. The molecule has 0 spiro atoms. The molecule has 0 bridgehead atoms. The van der Waals surface area contributed by atoms with Crippen LogP contribution in [0.4, 0.5) is 5.69 Å². The van der Waals surface area contributed by atoms with E-state index < -0.39 is 0 Å². The molecular weight excluding hydrogens is 350 g/mol. The molecule has 5 nitrogen and oxygen atoms in total. The number of carbonyl (C=O) groups excluding carboxylic acids is 2. The number of para-hydroxylation sites is 1. The second-order valence-corrected chi connectivity index (χ2v) is 7.61. The maximum atomic E-state index is 13.0. The topological polar surface area (TPSA) is 63.1 Å². The van der Waals surface area contributed by atoms with Crippen molar-refractivity contribution < 1.29 is 9.59 Å². The van der Waals surface area contributed by atoms with Crippen LogP contribution in [0.3, 0.4) is 0 Å². The Morgan fingerprint density at radius 2 is 1.79 bits per heavy atom. The number of hydrogen-bond acceptors (Lipinski definition) is 2. The van der Waals surface area contributed by atoms with Crippen LogP contribution in [0.15, 0.2) is 54.7 Å². The highest BCUT2D eigenvalue weighted by Crippen LogP contribution is 2.24. The summed E-state index contributed by atoms with van der Waals surface area (Å²) in [6.45, 7) is 8.61. The van der Waals surface area contributed by atoms with E-state index in [1.807, 2.05) is 55.6 Å². The quantitative estimate of drug-likeness (QED) is 0.651. The van der Waals surface area contributed by atoms with Crippen LogP contribution < -0.4 is 10.6 Å². The summed E-state index contributed by atoms with van der Waals surface area (Å²) in [4.78, 5) is 24.3. The van der Waals surface area contributed by atoms with E-state index >= 15 is 0 Å². The van der Waals surface area contributed by atoms with Crippen molar-refractivity contribution in [3.05, 3.63) is 65.9 Å². The predicted molar refractivity (Wildman–Crippen MR) is 113 cm³/mol. The Kier molecular flexibility index (Phi) is 5.83. The van der Waals surface area contributed by atoms with Gasteiger partial charge in [0.15, 0.2) is 0 Å². The molecule has 1 atom stereocenters. The van der Waals surface area contributed by atoms with Gasteiger partial charge in [0.2, 0.25) is 5.91 Å². The van der Waals surface area contributed by atoms with E-state index in [1.165, 1.54) is 6.92 Å². The largest absolute Gasteiger partial charge is 0.346 e. The van der Waals surface area contributed by atoms with Gasteiger partial charge >= 0.3 is 0 Å². The Bertz CT molecular complexity index is 1000. The van der Waals surface area contributed by atoms with Gasteiger partial charge in [0.1, 0.15) is 0 Å². The highest BCUT2D eigenvalue weighted by molar-refractivity contribution is 6.07. The third-order valence-electron chi connectivity index (χ3n) is 4.65. The van der Waals surface area contributed by atoms with E-state index in [2.05, 4.69) is 35.1 Å². The summed E-state index contributed by atoms with van der Waals surface area (Å²) in [5, 5.41) is 6.82. The van der Waals surface area contributed by atoms with Crippen molar-refractivity contribution >= 4 is 28.4 Å². The molecule has 2 amide bonds. The van der Waals surface area contributed by atoms with Gasteiger partial charge in [0.25, 0.3) is 5.91 Å². The average molecular weight is 377 g/mol. The molecule has 1 unspecified atom stereocenters. The number of nitrogens with one attached hydrogen (secondary N) is 2. The lowest BCUT2D eigenvalue weighted by molar-refractivity contribution is -0.114. The van der Waals surface area contributed by atoms with E-state index in [0.717, 1.165) is 28.7 Å². The standard InChI is InChI=1S/C23H27N3O2/c1-15(2)13-26-14-21(20-10-5-6-11-22(20)26)23(28)24-16(3)18-8-7-9-19(12-18)25-17(4)27/h5-12,14-16H,13H2,1-4H3,(H,24,28)(H,25,27). The highest BCUT2D eigenvalue weighted by atomic mass is 16.2. The van der Waals surface area contributed by atoms with Gasteiger partial charge in [0, 0.05) is 36.3 Å². The van der Waals surface area contributed by atoms with E-state index in [0.29, 0.717) is 11.5 Å². The summed E-state index contributed by atoms with van der Waals surface area (Å²) >= 11 is 0. The molecule has 3 aromatic rings. The van der Waals surface area contributed by atoms with E-state index in [1.54, 1.807) is 0 Å². The lowest BCUT2D eigenvalue weighted by Crippen LogP contribution is -2.26.